The molecule has 7 heteroatoms. The van der Waals surface area contributed by atoms with Crippen LogP contribution in [0.1, 0.15) is 19.4 Å². The van der Waals surface area contributed by atoms with Crippen molar-refractivity contribution in [2.75, 3.05) is 6.61 Å². The van der Waals surface area contributed by atoms with Gasteiger partial charge < -0.3 is 9.84 Å². The lowest BCUT2D eigenvalue weighted by molar-refractivity contribution is -0.384. The van der Waals surface area contributed by atoms with E-state index < -0.39 is 16.7 Å². The summed E-state index contributed by atoms with van der Waals surface area (Å²) >= 11 is 0. The number of nitro groups is 1. The van der Waals surface area contributed by atoms with Gasteiger partial charge in [-0.25, -0.2) is 4.79 Å². The van der Waals surface area contributed by atoms with Crippen molar-refractivity contribution in [3.8, 4) is 0 Å². The molecule has 1 amide bonds. The third-order valence-corrected chi connectivity index (χ3v) is 3.40. The van der Waals surface area contributed by atoms with Crippen molar-refractivity contribution in [1.29, 1.82) is 0 Å². The first-order valence-corrected chi connectivity index (χ1v) is 6.21. The Bertz CT molecular complexity index is 526. The highest BCUT2D eigenvalue weighted by Crippen LogP contribution is 2.29. The lowest BCUT2D eigenvalue weighted by atomic mass is 10.0. The quantitative estimate of drug-likeness (QED) is 0.677. The van der Waals surface area contributed by atoms with Gasteiger partial charge in [0.15, 0.2) is 0 Å². The summed E-state index contributed by atoms with van der Waals surface area (Å²) in [6.45, 7) is 3.73. The second kappa shape index (κ2) is 5.09. The topological polar surface area (TPSA) is 92.9 Å². The van der Waals surface area contributed by atoms with E-state index in [0.717, 1.165) is 5.56 Å². The zero-order valence-corrected chi connectivity index (χ0v) is 11.3. The second-order valence-electron chi connectivity index (χ2n) is 5.19. The van der Waals surface area contributed by atoms with Gasteiger partial charge in [-0.15, -0.1) is 0 Å². The van der Waals surface area contributed by atoms with Gasteiger partial charge in [0.2, 0.25) is 0 Å². The van der Waals surface area contributed by atoms with Gasteiger partial charge in [0.25, 0.3) is 5.69 Å². The molecule has 1 aromatic carbocycles. The molecule has 0 aromatic heterocycles. The van der Waals surface area contributed by atoms with Crippen molar-refractivity contribution >= 4 is 11.8 Å². The number of ether oxygens (including phenoxy) is 1. The Morgan fingerprint density at radius 1 is 1.50 bits per heavy atom. The number of non-ortho nitro benzene ring substituents is 1. The summed E-state index contributed by atoms with van der Waals surface area (Å²) in [5.41, 5.74) is 0.0112. The van der Waals surface area contributed by atoms with Crippen LogP contribution in [0.25, 0.3) is 0 Å². The number of rotatable bonds is 3. The molecule has 1 heterocycles. The number of nitrogens with zero attached hydrogens (tertiary/aromatic N) is 2. The average molecular weight is 280 g/mol. The van der Waals surface area contributed by atoms with Crippen molar-refractivity contribution in [2.24, 2.45) is 0 Å². The molecule has 0 saturated carbocycles. The largest absolute Gasteiger partial charge is 0.465 e. The highest BCUT2D eigenvalue weighted by molar-refractivity contribution is 5.66. The summed E-state index contributed by atoms with van der Waals surface area (Å²) < 4.78 is 5.50. The van der Waals surface area contributed by atoms with E-state index in [4.69, 9.17) is 4.74 Å². The second-order valence-corrected chi connectivity index (χ2v) is 5.19. The number of hydrogen-bond acceptors (Lipinski definition) is 4. The summed E-state index contributed by atoms with van der Waals surface area (Å²) in [5.74, 6) is 0. The lowest BCUT2D eigenvalue weighted by Gasteiger charge is -2.30. The number of nitro benzene ring substituents is 1. The Hall–Kier alpha value is -2.15. The standard InChI is InChI=1S/C13H16N2O5/c1-13(2)14(12(16)17)11(8-20-13)7-9-3-5-10(6-4-9)15(18)19/h3-6,11H,7-8H2,1-2H3,(H,16,17)/t11-/m0/s1. The number of benzene rings is 1. The Balaban J connectivity index is 2.13. The normalized spacial score (nSPS) is 20.9. The van der Waals surface area contributed by atoms with Crippen LogP contribution in [0.3, 0.4) is 0 Å². The first kappa shape index (κ1) is 14.3. The molecule has 108 valence electrons. The molecule has 1 aliphatic rings. The van der Waals surface area contributed by atoms with Crippen LogP contribution >= 0.6 is 0 Å². The molecule has 0 unspecified atom stereocenters. The third kappa shape index (κ3) is 2.72. The zero-order chi connectivity index (χ0) is 14.9. The number of hydrogen-bond donors (Lipinski definition) is 1. The minimum atomic E-state index is -1.03. The molecular formula is C13H16N2O5. The van der Waals surface area contributed by atoms with Crippen LogP contribution in [0.5, 0.6) is 0 Å². The predicted octanol–water partition coefficient (Wildman–Crippen LogP) is 2.25. The minimum Gasteiger partial charge on any atom is -0.465 e. The molecule has 1 atom stereocenters. The summed E-state index contributed by atoms with van der Waals surface area (Å²) in [4.78, 5) is 22.7. The van der Waals surface area contributed by atoms with E-state index in [0.29, 0.717) is 13.0 Å². The van der Waals surface area contributed by atoms with Crippen LogP contribution in [-0.2, 0) is 11.2 Å². The van der Waals surface area contributed by atoms with Crippen LogP contribution < -0.4 is 0 Å². The Labute approximate surface area is 115 Å². The Morgan fingerprint density at radius 2 is 2.10 bits per heavy atom. The highest BCUT2D eigenvalue weighted by atomic mass is 16.6. The molecule has 1 fully saturated rings. The molecule has 1 aromatic rings. The van der Waals surface area contributed by atoms with Crippen molar-refractivity contribution in [3.63, 3.8) is 0 Å². The maximum Gasteiger partial charge on any atom is 0.409 e. The fourth-order valence-electron chi connectivity index (χ4n) is 2.45. The number of carboxylic acid groups (broad SMARTS) is 1. The van der Waals surface area contributed by atoms with Gasteiger partial charge in [-0.2, -0.15) is 0 Å². The van der Waals surface area contributed by atoms with Gasteiger partial charge in [0.1, 0.15) is 5.72 Å². The summed E-state index contributed by atoms with van der Waals surface area (Å²) in [5, 5.41) is 19.9. The van der Waals surface area contributed by atoms with Gasteiger partial charge >= 0.3 is 6.09 Å². The molecule has 0 aliphatic carbocycles. The first-order valence-electron chi connectivity index (χ1n) is 6.21. The summed E-state index contributed by atoms with van der Waals surface area (Å²) in [7, 11) is 0. The van der Waals surface area contributed by atoms with Gasteiger partial charge in [0.05, 0.1) is 17.6 Å². The minimum absolute atomic E-state index is 0.0202. The van der Waals surface area contributed by atoms with E-state index >= 15 is 0 Å². The van der Waals surface area contributed by atoms with E-state index in [1.165, 1.54) is 17.0 Å². The highest BCUT2D eigenvalue weighted by Gasteiger charge is 2.43. The molecule has 0 radical (unpaired) electrons. The van der Waals surface area contributed by atoms with Crippen LogP contribution in [0.4, 0.5) is 10.5 Å². The first-order chi connectivity index (χ1) is 9.31. The molecular weight excluding hydrogens is 264 g/mol. The van der Waals surface area contributed by atoms with Gasteiger partial charge in [-0.3, -0.25) is 15.0 Å². The molecule has 1 aliphatic heterocycles. The fraction of sp³-hybridized carbons (Fsp3) is 0.462. The van der Waals surface area contributed by atoms with Crippen molar-refractivity contribution in [1.82, 2.24) is 4.90 Å². The monoisotopic (exact) mass is 280 g/mol. The molecule has 0 spiro atoms. The zero-order valence-electron chi connectivity index (χ0n) is 11.3. The van der Waals surface area contributed by atoms with Gasteiger partial charge in [-0.05, 0) is 25.8 Å². The smallest absolute Gasteiger partial charge is 0.409 e. The van der Waals surface area contributed by atoms with Crippen molar-refractivity contribution in [2.45, 2.75) is 32.0 Å². The van der Waals surface area contributed by atoms with Crippen LogP contribution in [-0.4, -0.2) is 39.4 Å². The van der Waals surface area contributed by atoms with Crippen LogP contribution in [0, 0.1) is 10.1 Å². The van der Waals surface area contributed by atoms with E-state index in [-0.39, 0.29) is 11.7 Å². The maximum absolute atomic E-state index is 11.3. The van der Waals surface area contributed by atoms with Crippen LogP contribution in [0.15, 0.2) is 24.3 Å². The SMILES string of the molecule is CC1(C)OC[C@H](Cc2ccc([N+](=O)[O-])cc2)N1C(=O)O. The average Bonchev–Trinajstić information content (AvgIpc) is 2.65. The number of amides is 1. The summed E-state index contributed by atoms with van der Waals surface area (Å²) in [6.07, 6.45) is -0.562. The Morgan fingerprint density at radius 3 is 2.60 bits per heavy atom. The third-order valence-electron chi connectivity index (χ3n) is 3.40. The summed E-state index contributed by atoms with van der Waals surface area (Å²) in [6, 6.07) is 5.83. The molecule has 20 heavy (non-hydrogen) atoms. The van der Waals surface area contributed by atoms with Gasteiger partial charge in [-0.1, -0.05) is 12.1 Å². The van der Waals surface area contributed by atoms with Crippen molar-refractivity contribution < 1.29 is 19.6 Å². The Kier molecular flexibility index (Phi) is 3.63. The van der Waals surface area contributed by atoms with Crippen molar-refractivity contribution in [3.05, 3.63) is 39.9 Å². The molecule has 0 bridgehead atoms. The molecule has 1 N–H and O–H groups in total. The van der Waals surface area contributed by atoms with Crippen LogP contribution in [0.2, 0.25) is 0 Å². The van der Waals surface area contributed by atoms with E-state index in [1.54, 1.807) is 26.0 Å². The number of carbonyl (C=O) groups is 1. The predicted molar refractivity (Wildman–Crippen MR) is 70.5 cm³/mol. The molecule has 2 rings (SSSR count). The van der Waals surface area contributed by atoms with Gasteiger partial charge in [0, 0.05) is 12.1 Å². The fourth-order valence-corrected chi connectivity index (χ4v) is 2.45. The lowest BCUT2D eigenvalue weighted by Crippen LogP contribution is -2.47. The molecule has 7 nitrogen and oxygen atoms in total. The maximum atomic E-state index is 11.3. The van der Waals surface area contributed by atoms with E-state index in [1.807, 2.05) is 0 Å². The molecule has 1 saturated heterocycles. The van der Waals surface area contributed by atoms with E-state index in [9.17, 15) is 20.0 Å². The van der Waals surface area contributed by atoms with E-state index in [2.05, 4.69) is 0 Å².